The third-order valence-corrected chi connectivity index (χ3v) is 3.23. The van der Waals surface area contributed by atoms with Gasteiger partial charge in [0.1, 0.15) is 11.9 Å². The van der Waals surface area contributed by atoms with E-state index in [2.05, 4.69) is 5.16 Å². The number of rotatable bonds is 4. The minimum atomic E-state index is -1.81. The summed E-state index contributed by atoms with van der Waals surface area (Å²) in [6.07, 6.45) is 0.292. The fraction of sp³-hybridized carbons (Fsp3) is 0.0625. The van der Waals surface area contributed by atoms with Crippen LogP contribution in [0.25, 0.3) is 0 Å². The van der Waals surface area contributed by atoms with Gasteiger partial charge in [-0.15, -0.1) is 0 Å². The number of Topliss-reactive ketones (excluding diaryl/α,β-unsaturated/α-hetero) is 1. The monoisotopic (exact) mass is 354 g/mol. The van der Waals surface area contributed by atoms with Gasteiger partial charge >= 0.3 is 0 Å². The lowest BCUT2D eigenvalue weighted by Crippen LogP contribution is -2.29. The molecule has 0 saturated carbocycles. The van der Waals surface area contributed by atoms with Crippen molar-refractivity contribution in [3.8, 4) is 0 Å². The lowest BCUT2D eigenvalue weighted by Gasteiger charge is -2.22. The number of carbonyl (C=O) groups excluding carboxylic acids is 2. The topological polar surface area (TPSA) is 70.0 Å². The zero-order chi connectivity index (χ0) is 18.7. The summed E-state index contributed by atoms with van der Waals surface area (Å²) in [4.78, 5) is 23.6. The zero-order valence-electron chi connectivity index (χ0n) is 12.6. The Balaban J connectivity index is 2.70. The quantitative estimate of drug-likeness (QED) is 0.228. The maximum Gasteiger partial charge on any atom is 0.277 e. The maximum atomic E-state index is 14.0. The highest BCUT2D eigenvalue weighted by Crippen LogP contribution is 2.33. The molecule has 0 radical (unpaired) electrons. The van der Waals surface area contributed by atoms with E-state index in [1.165, 1.54) is 19.1 Å². The first-order valence-corrected chi connectivity index (χ1v) is 6.73. The van der Waals surface area contributed by atoms with Crippen molar-refractivity contribution in [3.05, 3.63) is 59.2 Å². The molecule has 0 aliphatic rings. The van der Waals surface area contributed by atoms with Gasteiger partial charge in [0.25, 0.3) is 5.91 Å². The molecule has 0 aliphatic heterocycles. The molecule has 2 aromatic rings. The van der Waals surface area contributed by atoms with Crippen LogP contribution in [0.5, 0.6) is 0 Å². The minimum absolute atomic E-state index is 0.00416. The van der Waals surface area contributed by atoms with Gasteiger partial charge in [-0.05, 0) is 31.2 Å². The molecule has 2 aromatic carbocycles. The second kappa shape index (κ2) is 7.12. The molecule has 0 unspecified atom stereocenters. The molecule has 0 saturated heterocycles. The van der Waals surface area contributed by atoms with E-state index in [0.29, 0.717) is 6.21 Å². The van der Waals surface area contributed by atoms with Crippen LogP contribution in [0.3, 0.4) is 0 Å². The van der Waals surface area contributed by atoms with Crippen molar-refractivity contribution < 1.29 is 32.4 Å². The number of benzene rings is 2. The molecule has 0 bridgehead atoms. The molecule has 0 spiro atoms. The molecule has 9 heteroatoms. The van der Waals surface area contributed by atoms with Crippen LogP contribution in [-0.4, -0.2) is 23.1 Å². The van der Waals surface area contributed by atoms with Crippen LogP contribution < -0.4 is 4.90 Å². The van der Waals surface area contributed by atoms with Crippen molar-refractivity contribution in [1.29, 1.82) is 0 Å². The van der Waals surface area contributed by atoms with Crippen LogP contribution in [0.2, 0.25) is 0 Å². The number of hydrogen-bond acceptors (Lipinski definition) is 4. The van der Waals surface area contributed by atoms with Gasteiger partial charge in [0.2, 0.25) is 0 Å². The van der Waals surface area contributed by atoms with Crippen molar-refractivity contribution in [2.45, 2.75) is 6.92 Å². The van der Waals surface area contributed by atoms with Crippen LogP contribution in [0, 0.1) is 23.3 Å². The Hall–Kier alpha value is -3.23. The summed E-state index contributed by atoms with van der Waals surface area (Å²) in [5.41, 5.74) is -1.30. The van der Waals surface area contributed by atoms with Gasteiger partial charge < -0.3 is 5.21 Å². The second-order valence-electron chi connectivity index (χ2n) is 4.84. The van der Waals surface area contributed by atoms with Crippen LogP contribution in [-0.2, 0) is 4.79 Å². The first-order valence-electron chi connectivity index (χ1n) is 6.73. The molecule has 1 amide bonds. The Labute approximate surface area is 138 Å². The molecule has 0 atom stereocenters. The fourth-order valence-corrected chi connectivity index (χ4v) is 2.08. The molecule has 5 nitrogen and oxygen atoms in total. The Morgan fingerprint density at radius 2 is 1.56 bits per heavy atom. The first-order chi connectivity index (χ1) is 11.8. The molecular formula is C16H10F4N2O3. The second-order valence-corrected chi connectivity index (χ2v) is 4.84. The molecule has 1 N–H and O–H groups in total. The molecule has 2 rings (SSSR count). The Kier molecular flexibility index (Phi) is 5.16. The fourth-order valence-electron chi connectivity index (χ4n) is 2.08. The summed E-state index contributed by atoms with van der Waals surface area (Å²) in [5.74, 6) is -8.64. The standard InChI is InChI=1S/C16H10F4N2O3/c1-8(23)9-2-4-10(5-3-9)22(13(24)7-21-25)16-14(19)11(17)6-12(18)15(16)20/h2-7,25H,1H3. The summed E-state index contributed by atoms with van der Waals surface area (Å²) < 4.78 is 55.0. The third kappa shape index (κ3) is 3.49. The van der Waals surface area contributed by atoms with E-state index >= 15 is 0 Å². The largest absolute Gasteiger partial charge is 0.411 e. The van der Waals surface area contributed by atoms with Crippen LogP contribution in [0.15, 0.2) is 35.5 Å². The summed E-state index contributed by atoms with van der Waals surface area (Å²) >= 11 is 0. The summed E-state index contributed by atoms with van der Waals surface area (Å²) in [6.45, 7) is 1.28. The van der Waals surface area contributed by atoms with Gasteiger partial charge in [-0.25, -0.2) is 17.6 Å². The summed E-state index contributed by atoms with van der Waals surface area (Å²) in [6, 6.07) is 4.78. The molecule has 0 aliphatic carbocycles. The number of ketones is 1. The van der Waals surface area contributed by atoms with Gasteiger partial charge in [-0.3, -0.25) is 14.5 Å². The van der Waals surface area contributed by atoms with E-state index in [1.807, 2.05) is 0 Å². The predicted octanol–water partition coefficient (Wildman–Crippen LogP) is 3.57. The third-order valence-electron chi connectivity index (χ3n) is 3.23. The summed E-state index contributed by atoms with van der Waals surface area (Å²) in [5, 5.41) is 10.9. The lowest BCUT2D eigenvalue weighted by molar-refractivity contribution is -0.111. The summed E-state index contributed by atoms with van der Waals surface area (Å²) in [7, 11) is 0. The average Bonchev–Trinajstić information content (AvgIpc) is 2.57. The number of halogens is 4. The molecule has 0 aromatic heterocycles. The van der Waals surface area contributed by atoms with Crippen molar-refractivity contribution in [2.75, 3.05) is 4.90 Å². The molecule has 25 heavy (non-hydrogen) atoms. The van der Waals surface area contributed by atoms with E-state index in [4.69, 9.17) is 5.21 Å². The van der Waals surface area contributed by atoms with Crippen molar-refractivity contribution in [2.24, 2.45) is 5.16 Å². The number of nitrogens with zero attached hydrogens (tertiary/aromatic N) is 2. The number of amides is 1. The van der Waals surface area contributed by atoms with Crippen molar-refractivity contribution in [3.63, 3.8) is 0 Å². The zero-order valence-corrected chi connectivity index (χ0v) is 12.6. The van der Waals surface area contributed by atoms with E-state index in [0.717, 1.165) is 12.1 Å². The van der Waals surface area contributed by atoms with Gasteiger partial charge in [0.15, 0.2) is 29.1 Å². The predicted molar refractivity (Wildman–Crippen MR) is 80.1 cm³/mol. The normalized spacial score (nSPS) is 10.9. The first kappa shape index (κ1) is 18.1. The minimum Gasteiger partial charge on any atom is -0.411 e. The number of carbonyl (C=O) groups is 2. The highest BCUT2D eigenvalue weighted by atomic mass is 19.2. The number of oxime groups is 1. The van der Waals surface area contributed by atoms with Gasteiger partial charge in [0, 0.05) is 17.3 Å². The van der Waals surface area contributed by atoms with E-state index in [9.17, 15) is 27.2 Å². The molecule has 130 valence electrons. The van der Waals surface area contributed by atoms with Gasteiger partial charge in [-0.1, -0.05) is 5.16 Å². The lowest BCUT2D eigenvalue weighted by atomic mass is 10.1. The van der Waals surface area contributed by atoms with Crippen LogP contribution in [0.1, 0.15) is 17.3 Å². The van der Waals surface area contributed by atoms with E-state index in [-0.39, 0.29) is 28.0 Å². The average molecular weight is 354 g/mol. The Morgan fingerprint density at radius 3 is 2.00 bits per heavy atom. The highest BCUT2D eigenvalue weighted by molar-refractivity contribution is 6.34. The van der Waals surface area contributed by atoms with Crippen LogP contribution >= 0.6 is 0 Å². The molecular weight excluding hydrogens is 344 g/mol. The molecule has 0 heterocycles. The van der Waals surface area contributed by atoms with Crippen molar-refractivity contribution >= 4 is 29.3 Å². The highest BCUT2D eigenvalue weighted by Gasteiger charge is 2.29. The van der Waals surface area contributed by atoms with Gasteiger partial charge in [-0.2, -0.15) is 0 Å². The number of anilines is 2. The number of hydrogen-bond donors (Lipinski definition) is 1. The smallest absolute Gasteiger partial charge is 0.277 e. The van der Waals surface area contributed by atoms with Crippen molar-refractivity contribution in [1.82, 2.24) is 0 Å². The van der Waals surface area contributed by atoms with Crippen LogP contribution in [0.4, 0.5) is 28.9 Å². The SMILES string of the molecule is CC(=O)c1ccc(N(C(=O)C=NO)c2c(F)c(F)cc(F)c2F)cc1. The van der Waals surface area contributed by atoms with Gasteiger partial charge in [0.05, 0.1) is 0 Å². The van der Waals surface area contributed by atoms with E-state index < -0.39 is 34.9 Å². The molecule has 0 fully saturated rings. The Bertz CT molecular complexity index is 840. The van der Waals surface area contributed by atoms with E-state index in [1.54, 1.807) is 0 Å². The Morgan fingerprint density at radius 1 is 1.04 bits per heavy atom. The maximum absolute atomic E-state index is 14.0.